The van der Waals surface area contributed by atoms with Crippen molar-refractivity contribution in [3.8, 4) is 0 Å². The maximum Gasteiger partial charge on any atom is 0.256 e. The highest BCUT2D eigenvalue weighted by atomic mass is 79.9. The molecule has 98 valence electrons. The third-order valence-electron chi connectivity index (χ3n) is 2.54. The Kier molecular flexibility index (Phi) is 4.74. The van der Waals surface area contributed by atoms with Crippen LogP contribution in [0.1, 0.15) is 15.9 Å². The lowest BCUT2D eigenvalue weighted by Gasteiger charge is -2.08. The predicted octanol–water partition coefficient (Wildman–Crippen LogP) is 3.96. The molecule has 0 aromatic heterocycles. The second kappa shape index (κ2) is 6.32. The van der Waals surface area contributed by atoms with Crippen LogP contribution < -0.4 is 5.32 Å². The highest BCUT2D eigenvalue weighted by molar-refractivity contribution is 9.11. The van der Waals surface area contributed by atoms with Gasteiger partial charge < -0.3 is 10.4 Å². The van der Waals surface area contributed by atoms with Crippen LogP contribution in [0.15, 0.2) is 51.4 Å². The van der Waals surface area contributed by atoms with Crippen LogP contribution in [-0.2, 0) is 6.61 Å². The van der Waals surface area contributed by atoms with E-state index >= 15 is 0 Å². The number of anilines is 1. The van der Waals surface area contributed by atoms with Gasteiger partial charge in [0, 0.05) is 14.6 Å². The second-order valence-electron chi connectivity index (χ2n) is 3.94. The number of benzene rings is 2. The molecule has 2 rings (SSSR count). The number of hydrogen-bond acceptors (Lipinski definition) is 2. The van der Waals surface area contributed by atoms with E-state index in [2.05, 4.69) is 37.2 Å². The molecule has 2 aromatic rings. The zero-order valence-electron chi connectivity index (χ0n) is 9.86. The minimum atomic E-state index is -0.205. The van der Waals surface area contributed by atoms with Crippen molar-refractivity contribution in [2.75, 3.05) is 5.32 Å². The molecule has 0 aliphatic heterocycles. The zero-order chi connectivity index (χ0) is 13.8. The number of aliphatic hydroxyl groups excluding tert-OH is 1. The molecule has 0 spiro atoms. The molecule has 0 saturated heterocycles. The third kappa shape index (κ3) is 3.65. The van der Waals surface area contributed by atoms with Crippen LogP contribution in [0.4, 0.5) is 5.69 Å². The van der Waals surface area contributed by atoms with Crippen molar-refractivity contribution in [1.82, 2.24) is 0 Å². The predicted molar refractivity (Wildman–Crippen MR) is 82.2 cm³/mol. The van der Waals surface area contributed by atoms with E-state index in [1.165, 1.54) is 0 Å². The molecule has 0 fully saturated rings. The molecule has 2 aromatic carbocycles. The molecule has 0 heterocycles. The van der Waals surface area contributed by atoms with Crippen molar-refractivity contribution in [2.45, 2.75) is 6.61 Å². The van der Waals surface area contributed by atoms with Crippen LogP contribution in [0.2, 0.25) is 0 Å². The first-order valence-electron chi connectivity index (χ1n) is 5.56. The monoisotopic (exact) mass is 383 g/mol. The summed E-state index contributed by atoms with van der Waals surface area (Å²) in [5.74, 6) is -0.205. The fourth-order valence-corrected chi connectivity index (χ4v) is 2.41. The number of amides is 1. The molecule has 5 heteroatoms. The maximum atomic E-state index is 12.2. The Morgan fingerprint density at radius 3 is 2.68 bits per heavy atom. The average molecular weight is 385 g/mol. The van der Waals surface area contributed by atoms with Crippen LogP contribution >= 0.6 is 31.9 Å². The van der Waals surface area contributed by atoms with E-state index in [9.17, 15) is 4.79 Å². The Labute approximate surface area is 127 Å². The van der Waals surface area contributed by atoms with Crippen molar-refractivity contribution >= 4 is 43.5 Å². The van der Waals surface area contributed by atoms with Gasteiger partial charge >= 0.3 is 0 Å². The molecule has 3 nitrogen and oxygen atoms in total. The fourth-order valence-electron chi connectivity index (χ4n) is 1.62. The standard InChI is InChI=1S/C14H11Br2NO2/c15-10-4-5-13(16)12(7-10)14(19)17-11-3-1-2-9(6-11)8-18/h1-7,18H,8H2,(H,17,19). The Morgan fingerprint density at radius 2 is 1.95 bits per heavy atom. The van der Waals surface area contributed by atoms with Gasteiger partial charge in [-0.05, 0) is 51.8 Å². The Bertz CT molecular complexity index is 614. The highest BCUT2D eigenvalue weighted by Crippen LogP contribution is 2.22. The molecular weight excluding hydrogens is 374 g/mol. The van der Waals surface area contributed by atoms with Crippen molar-refractivity contribution in [3.63, 3.8) is 0 Å². The topological polar surface area (TPSA) is 49.3 Å². The largest absolute Gasteiger partial charge is 0.392 e. The summed E-state index contributed by atoms with van der Waals surface area (Å²) in [6, 6.07) is 12.5. The third-order valence-corrected chi connectivity index (χ3v) is 3.73. The van der Waals surface area contributed by atoms with Gasteiger partial charge in [-0.2, -0.15) is 0 Å². The lowest BCUT2D eigenvalue weighted by Crippen LogP contribution is -2.12. The smallest absolute Gasteiger partial charge is 0.256 e. The zero-order valence-corrected chi connectivity index (χ0v) is 13.0. The summed E-state index contributed by atoms with van der Waals surface area (Å²) in [7, 11) is 0. The quantitative estimate of drug-likeness (QED) is 0.841. The Hall–Kier alpha value is -1.17. The molecule has 0 aliphatic carbocycles. The normalized spacial score (nSPS) is 10.3. The first kappa shape index (κ1) is 14.2. The minimum Gasteiger partial charge on any atom is -0.392 e. The van der Waals surface area contributed by atoms with E-state index in [1.807, 2.05) is 12.1 Å². The van der Waals surface area contributed by atoms with Crippen LogP contribution in [0.25, 0.3) is 0 Å². The number of nitrogens with one attached hydrogen (secondary N) is 1. The minimum absolute atomic E-state index is 0.0513. The van der Waals surface area contributed by atoms with Crippen molar-refractivity contribution in [1.29, 1.82) is 0 Å². The van der Waals surface area contributed by atoms with E-state index in [0.29, 0.717) is 11.3 Å². The molecule has 2 N–H and O–H groups in total. The maximum absolute atomic E-state index is 12.2. The summed E-state index contributed by atoms with van der Waals surface area (Å²) in [5, 5.41) is 11.9. The molecule has 0 unspecified atom stereocenters. The first-order chi connectivity index (χ1) is 9.10. The lowest BCUT2D eigenvalue weighted by molar-refractivity contribution is 0.102. The molecule has 0 atom stereocenters. The van der Waals surface area contributed by atoms with Gasteiger partial charge in [-0.1, -0.05) is 28.1 Å². The van der Waals surface area contributed by atoms with Gasteiger partial charge in [0.25, 0.3) is 5.91 Å². The van der Waals surface area contributed by atoms with Crippen LogP contribution in [0.5, 0.6) is 0 Å². The summed E-state index contributed by atoms with van der Waals surface area (Å²) in [6.45, 7) is -0.0513. The van der Waals surface area contributed by atoms with Crippen LogP contribution in [0, 0.1) is 0 Å². The summed E-state index contributed by atoms with van der Waals surface area (Å²) in [5.41, 5.74) is 1.96. The van der Waals surface area contributed by atoms with Gasteiger partial charge in [0.2, 0.25) is 0 Å². The molecule has 0 bridgehead atoms. The summed E-state index contributed by atoms with van der Waals surface area (Å²) < 4.78 is 1.57. The number of carbonyl (C=O) groups is 1. The highest BCUT2D eigenvalue weighted by Gasteiger charge is 2.11. The van der Waals surface area contributed by atoms with Gasteiger partial charge in [0.15, 0.2) is 0 Å². The Morgan fingerprint density at radius 1 is 1.16 bits per heavy atom. The second-order valence-corrected chi connectivity index (χ2v) is 5.71. The summed E-state index contributed by atoms with van der Waals surface area (Å²) in [4.78, 5) is 12.2. The van der Waals surface area contributed by atoms with Gasteiger partial charge in [-0.15, -0.1) is 0 Å². The van der Waals surface area contributed by atoms with Crippen molar-refractivity contribution < 1.29 is 9.90 Å². The summed E-state index contributed by atoms with van der Waals surface area (Å²) in [6.07, 6.45) is 0. The SMILES string of the molecule is O=C(Nc1cccc(CO)c1)c1cc(Br)ccc1Br. The van der Waals surface area contributed by atoms with E-state index in [1.54, 1.807) is 30.3 Å². The molecular formula is C14H11Br2NO2. The van der Waals surface area contributed by atoms with E-state index < -0.39 is 0 Å². The average Bonchev–Trinajstić information content (AvgIpc) is 2.41. The van der Waals surface area contributed by atoms with Gasteiger partial charge in [0.1, 0.15) is 0 Å². The van der Waals surface area contributed by atoms with E-state index in [0.717, 1.165) is 14.5 Å². The number of aliphatic hydroxyl groups is 1. The van der Waals surface area contributed by atoms with Crippen LogP contribution in [-0.4, -0.2) is 11.0 Å². The first-order valence-corrected chi connectivity index (χ1v) is 7.15. The fraction of sp³-hybridized carbons (Fsp3) is 0.0714. The molecule has 19 heavy (non-hydrogen) atoms. The molecule has 1 amide bonds. The number of hydrogen-bond donors (Lipinski definition) is 2. The van der Waals surface area contributed by atoms with Gasteiger partial charge in [-0.3, -0.25) is 4.79 Å². The molecule has 0 radical (unpaired) electrons. The summed E-state index contributed by atoms with van der Waals surface area (Å²) >= 11 is 6.69. The van der Waals surface area contributed by atoms with E-state index in [4.69, 9.17) is 5.11 Å². The Balaban J connectivity index is 2.23. The van der Waals surface area contributed by atoms with Crippen molar-refractivity contribution in [3.05, 3.63) is 62.5 Å². The number of carbonyl (C=O) groups excluding carboxylic acids is 1. The van der Waals surface area contributed by atoms with Gasteiger partial charge in [-0.25, -0.2) is 0 Å². The number of halogens is 2. The molecule has 0 aliphatic rings. The van der Waals surface area contributed by atoms with Crippen molar-refractivity contribution in [2.24, 2.45) is 0 Å². The van der Waals surface area contributed by atoms with E-state index in [-0.39, 0.29) is 12.5 Å². The lowest BCUT2D eigenvalue weighted by atomic mass is 10.2. The molecule has 0 saturated carbocycles. The van der Waals surface area contributed by atoms with Gasteiger partial charge in [0.05, 0.1) is 12.2 Å². The number of rotatable bonds is 3. The van der Waals surface area contributed by atoms with Crippen LogP contribution in [0.3, 0.4) is 0 Å².